The van der Waals surface area contributed by atoms with Crippen LogP contribution in [0.3, 0.4) is 0 Å². The maximum Gasteiger partial charge on any atom is 0.191 e. The number of guanidine groups is 1. The van der Waals surface area contributed by atoms with E-state index in [9.17, 15) is 5.11 Å². The molecule has 1 aromatic rings. The SMILES string of the molecule is CN=C(NCc1ccc(CN2CCC(O)CC2)cc1)NC1CCCC(SC)C1.I. The molecule has 3 rings (SSSR count). The molecule has 2 unspecified atom stereocenters. The monoisotopic (exact) mass is 532 g/mol. The van der Waals surface area contributed by atoms with E-state index in [1.165, 1.54) is 36.8 Å². The lowest BCUT2D eigenvalue weighted by Gasteiger charge is -2.30. The summed E-state index contributed by atoms with van der Waals surface area (Å²) in [6, 6.07) is 9.39. The van der Waals surface area contributed by atoms with Gasteiger partial charge in [0, 0.05) is 44.5 Å². The number of benzene rings is 1. The highest BCUT2D eigenvalue weighted by molar-refractivity contribution is 14.0. The van der Waals surface area contributed by atoms with Crippen molar-refractivity contribution in [2.24, 2.45) is 4.99 Å². The van der Waals surface area contributed by atoms with E-state index in [-0.39, 0.29) is 30.1 Å². The highest BCUT2D eigenvalue weighted by Crippen LogP contribution is 2.26. The second-order valence-corrected chi connectivity index (χ2v) is 9.25. The van der Waals surface area contributed by atoms with Gasteiger partial charge in [-0.05, 0) is 49.5 Å². The average molecular weight is 533 g/mol. The van der Waals surface area contributed by atoms with Crippen molar-refractivity contribution in [2.75, 3.05) is 26.4 Å². The van der Waals surface area contributed by atoms with Crippen molar-refractivity contribution in [3.8, 4) is 0 Å². The number of rotatable bonds is 6. The summed E-state index contributed by atoms with van der Waals surface area (Å²) in [6.07, 6.45) is 9.02. The molecule has 7 heteroatoms. The number of piperidine rings is 1. The van der Waals surface area contributed by atoms with Crippen molar-refractivity contribution < 1.29 is 5.11 Å². The molecule has 2 fully saturated rings. The summed E-state index contributed by atoms with van der Waals surface area (Å²) < 4.78 is 0. The fourth-order valence-electron chi connectivity index (χ4n) is 4.16. The van der Waals surface area contributed by atoms with Crippen LogP contribution in [-0.4, -0.2) is 59.8 Å². The van der Waals surface area contributed by atoms with Crippen molar-refractivity contribution in [1.82, 2.24) is 15.5 Å². The highest BCUT2D eigenvalue weighted by Gasteiger charge is 2.22. The van der Waals surface area contributed by atoms with Gasteiger partial charge in [0.25, 0.3) is 0 Å². The molecule has 0 radical (unpaired) electrons. The largest absolute Gasteiger partial charge is 0.393 e. The van der Waals surface area contributed by atoms with E-state index < -0.39 is 0 Å². The van der Waals surface area contributed by atoms with Gasteiger partial charge in [-0.2, -0.15) is 11.8 Å². The number of aliphatic hydroxyl groups is 1. The molecule has 0 aromatic heterocycles. The van der Waals surface area contributed by atoms with Crippen LogP contribution in [-0.2, 0) is 13.1 Å². The Morgan fingerprint density at radius 1 is 1.14 bits per heavy atom. The maximum absolute atomic E-state index is 9.63. The van der Waals surface area contributed by atoms with Gasteiger partial charge in [0.15, 0.2) is 5.96 Å². The number of thioether (sulfide) groups is 1. The first-order valence-electron chi connectivity index (χ1n) is 10.6. The molecule has 1 saturated carbocycles. The van der Waals surface area contributed by atoms with Crippen molar-refractivity contribution >= 4 is 41.7 Å². The zero-order valence-electron chi connectivity index (χ0n) is 17.8. The third kappa shape index (κ3) is 8.26. The van der Waals surface area contributed by atoms with Crippen LogP contribution < -0.4 is 10.6 Å². The predicted octanol–water partition coefficient (Wildman–Crippen LogP) is 3.60. The van der Waals surface area contributed by atoms with E-state index in [0.717, 1.165) is 50.2 Å². The minimum Gasteiger partial charge on any atom is -0.393 e. The quantitative estimate of drug-likeness (QED) is 0.297. The van der Waals surface area contributed by atoms with Gasteiger partial charge >= 0.3 is 0 Å². The van der Waals surface area contributed by atoms with Gasteiger partial charge in [-0.3, -0.25) is 9.89 Å². The van der Waals surface area contributed by atoms with E-state index in [0.29, 0.717) is 6.04 Å². The van der Waals surface area contributed by atoms with Crippen molar-refractivity contribution in [3.05, 3.63) is 35.4 Å². The molecular formula is C22H37IN4OS. The Bertz CT molecular complexity index is 620. The normalized spacial score (nSPS) is 24.0. The second-order valence-electron chi connectivity index (χ2n) is 8.12. The summed E-state index contributed by atoms with van der Waals surface area (Å²) in [5, 5.41) is 17.5. The minimum atomic E-state index is -0.104. The molecular weight excluding hydrogens is 495 g/mol. The van der Waals surface area contributed by atoms with Gasteiger partial charge in [-0.15, -0.1) is 24.0 Å². The van der Waals surface area contributed by atoms with Crippen LogP contribution >= 0.6 is 35.7 Å². The maximum atomic E-state index is 9.63. The van der Waals surface area contributed by atoms with Crippen LogP contribution in [0.15, 0.2) is 29.3 Å². The standard InChI is InChI=1S/C22H36N4OS.HI/c1-23-22(25-19-4-3-5-21(14-19)28-2)24-15-17-6-8-18(9-7-17)16-26-12-10-20(27)11-13-26;/h6-9,19-21,27H,3-5,10-16H2,1-2H3,(H2,23,24,25);1H. The van der Waals surface area contributed by atoms with Gasteiger partial charge in [0.2, 0.25) is 0 Å². The lowest BCUT2D eigenvalue weighted by atomic mass is 9.95. The van der Waals surface area contributed by atoms with E-state index in [1.807, 2.05) is 18.8 Å². The van der Waals surface area contributed by atoms with Crippen LogP contribution in [0.2, 0.25) is 0 Å². The first kappa shape index (κ1) is 24.8. The molecule has 5 nitrogen and oxygen atoms in total. The van der Waals surface area contributed by atoms with E-state index in [4.69, 9.17) is 0 Å². The number of aliphatic hydroxyl groups excluding tert-OH is 1. The van der Waals surface area contributed by atoms with Crippen LogP contribution in [0.4, 0.5) is 0 Å². The van der Waals surface area contributed by atoms with Crippen LogP contribution in [0.25, 0.3) is 0 Å². The molecule has 2 aliphatic rings. The average Bonchev–Trinajstić information content (AvgIpc) is 2.74. The Balaban J connectivity index is 0.00000300. The molecule has 1 aromatic carbocycles. The summed E-state index contributed by atoms with van der Waals surface area (Å²) in [6.45, 7) is 3.74. The molecule has 0 bridgehead atoms. The smallest absolute Gasteiger partial charge is 0.191 e. The van der Waals surface area contributed by atoms with Gasteiger partial charge in [-0.1, -0.05) is 30.7 Å². The van der Waals surface area contributed by atoms with Crippen LogP contribution in [0.5, 0.6) is 0 Å². The van der Waals surface area contributed by atoms with Gasteiger partial charge in [0.1, 0.15) is 0 Å². The molecule has 2 atom stereocenters. The molecule has 0 amide bonds. The van der Waals surface area contributed by atoms with E-state index in [1.54, 1.807) is 0 Å². The number of nitrogens with zero attached hydrogens (tertiary/aromatic N) is 2. The zero-order valence-corrected chi connectivity index (χ0v) is 20.9. The Morgan fingerprint density at radius 3 is 2.48 bits per heavy atom. The highest BCUT2D eigenvalue weighted by atomic mass is 127. The van der Waals surface area contributed by atoms with E-state index >= 15 is 0 Å². The second kappa shape index (κ2) is 13.0. The Labute approximate surface area is 197 Å². The van der Waals surface area contributed by atoms with Gasteiger partial charge in [0.05, 0.1) is 6.10 Å². The summed E-state index contributed by atoms with van der Waals surface area (Å²) in [4.78, 5) is 6.84. The van der Waals surface area contributed by atoms with Crippen LogP contribution in [0.1, 0.15) is 49.7 Å². The molecule has 1 aliphatic heterocycles. The summed E-state index contributed by atoms with van der Waals surface area (Å²) in [7, 11) is 1.85. The number of likely N-dealkylation sites (tertiary alicyclic amines) is 1. The molecule has 29 heavy (non-hydrogen) atoms. The lowest BCUT2D eigenvalue weighted by Crippen LogP contribution is -2.45. The minimum absolute atomic E-state index is 0. The third-order valence-corrected chi connectivity index (χ3v) is 7.06. The van der Waals surface area contributed by atoms with Gasteiger partial charge < -0.3 is 15.7 Å². The molecule has 1 aliphatic carbocycles. The molecule has 3 N–H and O–H groups in total. The van der Waals surface area contributed by atoms with Gasteiger partial charge in [-0.25, -0.2) is 0 Å². The fourth-order valence-corrected chi connectivity index (χ4v) is 4.99. The number of nitrogens with one attached hydrogen (secondary N) is 2. The zero-order chi connectivity index (χ0) is 19.8. The Hall–Kier alpha value is -0.510. The third-order valence-electron chi connectivity index (χ3n) is 5.97. The lowest BCUT2D eigenvalue weighted by molar-refractivity contribution is 0.0792. The molecule has 0 spiro atoms. The Kier molecular flexibility index (Phi) is 11.1. The first-order valence-corrected chi connectivity index (χ1v) is 11.9. The number of aliphatic imine (C=N–C) groups is 1. The summed E-state index contributed by atoms with van der Waals surface area (Å²) in [5.41, 5.74) is 2.61. The summed E-state index contributed by atoms with van der Waals surface area (Å²) >= 11 is 1.99. The number of hydrogen-bond acceptors (Lipinski definition) is 4. The van der Waals surface area contributed by atoms with Crippen LogP contribution in [0, 0.1) is 0 Å². The first-order chi connectivity index (χ1) is 13.7. The summed E-state index contributed by atoms with van der Waals surface area (Å²) in [5.74, 6) is 0.905. The Morgan fingerprint density at radius 2 is 1.83 bits per heavy atom. The topological polar surface area (TPSA) is 59.9 Å². The van der Waals surface area contributed by atoms with E-state index in [2.05, 4.69) is 51.0 Å². The predicted molar refractivity (Wildman–Crippen MR) is 135 cm³/mol. The van der Waals surface area contributed by atoms with Crippen molar-refractivity contribution in [2.45, 2.75) is 69.0 Å². The van der Waals surface area contributed by atoms with Crippen molar-refractivity contribution in [1.29, 1.82) is 0 Å². The number of halogens is 1. The molecule has 164 valence electrons. The molecule has 1 saturated heterocycles. The van der Waals surface area contributed by atoms with Crippen molar-refractivity contribution in [3.63, 3.8) is 0 Å². The molecule has 1 heterocycles. The fraction of sp³-hybridized carbons (Fsp3) is 0.682. The number of hydrogen-bond donors (Lipinski definition) is 3.